The normalized spacial score (nSPS) is 23.0. The van der Waals surface area contributed by atoms with Crippen LogP contribution in [-0.4, -0.2) is 29.9 Å². The van der Waals surface area contributed by atoms with E-state index in [2.05, 4.69) is 77.0 Å². The first-order valence-electron chi connectivity index (χ1n) is 14.5. The number of benzene rings is 1. The number of rotatable bonds is 12. The van der Waals surface area contributed by atoms with Gasteiger partial charge in [0.1, 0.15) is 6.67 Å². The van der Waals surface area contributed by atoms with E-state index < -0.39 is 6.67 Å². The number of likely N-dealkylation sites (tertiary alicyclic amines) is 1. The molecule has 1 aromatic carbocycles. The maximum absolute atomic E-state index is 14.7. The van der Waals surface area contributed by atoms with Crippen LogP contribution in [0.15, 0.2) is 71.3 Å². The van der Waals surface area contributed by atoms with Crippen molar-refractivity contribution in [1.29, 1.82) is 0 Å². The molecular weight excluding hydrogens is 467 g/mol. The third-order valence-corrected chi connectivity index (χ3v) is 8.83. The molecule has 0 radical (unpaired) electrons. The quantitative estimate of drug-likeness (QED) is 0.199. The molecule has 1 aliphatic heterocycles. The average molecular weight is 517 g/mol. The van der Waals surface area contributed by atoms with Gasteiger partial charge in [0.25, 0.3) is 0 Å². The van der Waals surface area contributed by atoms with Crippen molar-refractivity contribution in [1.82, 2.24) is 4.90 Å². The van der Waals surface area contributed by atoms with Crippen LogP contribution in [0.4, 0.5) is 10.1 Å². The third-order valence-electron chi connectivity index (χ3n) is 8.83. The van der Waals surface area contributed by atoms with Crippen LogP contribution in [0.25, 0.3) is 5.70 Å². The number of alkyl halides is 1. The first-order valence-corrected chi connectivity index (χ1v) is 14.5. The molecule has 1 saturated heterocycles. The molecule has 0 aromatic heterocycles. The highest BCUT2D eigenvalue weighted by Gasteiger charge is 2.35. The van der Waals surface area contributed by atoms with Crippen molar-refractivity contribution in [2.75, 3.05) is 13.2 Å². The molecule has 0 bridgehead atoms. The lowest BCUT2D eigenvalue weighted by Crippen LogP contribution is -2.27. The zero-order valence-electron chi connectivity index (χ0n) is 24.9. The fourth-order valence-corrected chi connectivity index (χ4v) is 5.51. The Bertz CT molecular complexity index is 1140. The van der Waals surface area contributed by atoms with Crippen molar-refractivity contribution in [2.24, 2.45) is 22.7 Å². The molecule has 3 heteroatoms. The maximum atomic E-state index is 14.7. The van der Waals surface area contributed by atoms with Gasteiger partial charge in [-0.05, 0) is 111 Å². The summed E-state index contributed by atoms with van der Waals surface area (Å²) in [6.07, 6.45) is 13.8. The molecule has 206 valence electrons. The minimum absolute atomic E-state index is 0.448. The minimum atomic E-state index is -0.591. The lowest BCUT2D eigenvalue weighted by Gasteiger charge is -2.28. The SMILES string of the molecule is C=C(C)C(=C\C=C/C)/C=C(\CCC1CC1)C(CF)=Nc1cc(C(=C)N2C[C@@H](CC)[C@@H](C)[C@H]2C)cc(C)c1C. The van der Waals surface area contributed by atoms with Crippen LogP contribution in [0.3, 0.4) is 0 Å². The maximum Gasteiger partial charge on any atom is 0.132 e. The van der Waals surface area contributed by atoms with Crippen LogP contribution in [0.2, 0.25) is 0 Å². The summed E-state index contributed by atoms with van der Waals surface area (Å²) in [6.45, 7) is 24.3. The van der Waals surface area contributed by atoms with Gasteiger partial charge in [0.05, 0.1) is 11.4 Å². The minimum Gasteiger partial charge on any atom is -0.368 e. The Balaban J connectivity index is 2.02. The summed E-state index contributed by atoms with van der Waals surface area (Å²) >= 11 is 0. The van der Waals surface area contributed by atoms with Crippen molar-refractivity contribution in [3.05, 3.63) is 83.0 Å². The molecule has 1 saturated carbocycles. The largest absolute Gasteiger partial charge is 0.368 e. The number of aryl methyl sites for hydroxylation is 1. The predicted molar refractivity (Wildman–Crippen MR) is 165 cm³/mol. The first-order chi connectivity index (χ1) is 18.1. The van der Waals surface area contributed by atoms with E-state index in [0.29, 0.717) is 23.6 Å². The summed E-state index contributed by atoms with van der Waals surface area (Å²) in [4.78, 5) is 7.46. The Hall–Kier alpha value is -2.68. The Morgan fingerprint density at radius 2 is 1.89 bits per heavy atom. The van der Waals surface area contributed by atoms with Crippen LogP contribution in [0, 0.1) is 31.6 Å². The van der Waals surface area contributed by atoms with E-state index >= 15 is 0 Å². The van der Waals surface area contributed by atoms with Gasteiger partial charge < -0.3 is 4.90 Å². The molecule has 1 heterocycles. The van der Waals surface area contributed by atoms with Crippen molar-refractivity contribution >= 4 is 17.1 Å². The summed E-state index contributed by atoms with van der Waals surface area (Å²) in [5, 5.41) is 0. The monoisotopic (exact) mass is 516 g/mol. The van der Waals surface area contributed by atoms with Gasteiger partial charge in [0, 0.05) is 18.3 Å². The van der Waals surface area contributed by atoms with Gasteiger partial charge in [-0.3, -0.25) is 4.99 Å². The molecule has 3 rings (SSSR count). The molecule has 0 spiro atoms. The highest BCUT2D eigenvalue weighted by atomic mass is 19.1. The van der Waals surface area contributed by atoms with E-state index in [-0.39, 0.29) is 0 Å². The molecule has 0 unspecified atom stereocenters. The van der Waals surface area contributed by atoms with E-state index in [9.17, 15) is 4.39 Å². The van der Waals surface area contributed by atoms with E-state index in [1.54, 1.807) is 0 Å². The third kappa shape index (κ3) is 7.24. The molecule has 2 aliphatic rings. The van der Waals surface area contributed by atoms with Gasteiger partial charge in [-0.1, -0.05) is 70.1 Å². The summed E-state index contributed by atoms with van der Waals surface area (Å²) in [5.41, 5.74) is 8.71. The van der Waals surface area contributed by atoms with Gasteiger partial charge in [-0.15, -0.1) is 0 Å². The van der Waals surface area contributed by atoms with Crippen LogP contribution in [0.5, 0.6) is 0 Å². The van der Waals surface area contributed by atoms with Crippen LogP contribution < -0.4 is 0 Å². The number of halogens is 1. The fraction of sp³-hybridized carbons (Fsp3) is 0.514. The number of hydrogen-bond acceptors (Lipinski definition) is 2. The number of nitrogens with zero attached hydrogens (tertiary/aromatic N) is 2. The molecule has 1 aromatic rings. The Morgan fingerprint density at radius 1 is 1.18 bits per heavy atom. The standard InChI is InChI=1S/C35H49FN2/c1-10-12-13-31(23(3)4)19-32(17-16-29-14-15-29)35(21-36)37-34-20-33(18-24(5)25(34)6)28(9)38-22-30(11-2)26(7)27(38)8/h10,12-13,18-20,26-27,29-30H,3,9,11,14-17,21-22H2,1-2,4-8H3/b12-10-,31-13-,32-19+,37-35?/t26-,27+,30+/m0/s1. The van der Waals surface area contributed by atoms with Gasteiger partial charge in [0.15, 0.2) is 0 Å². The van der Waals surface area contributed by atoms with E-state index in [0.717, 1.165) is 70.1 Å². The van der Waals surface area contributed by atoms with Gasteiger partial charge in [-0.25, -0.2) is 4.39 Å². The second kappa shape index (κ2) is 13.4. The average Bonchev–Trinajstić information content (AvgIpc) is 3.68. The van der Waals surface area contributed by atoms with Gasteiger partial charge in [-0.2, -0.15) is 0 Å². The molecule has 2 fully saturated rings. The summed E-state index contributed by atoms with van der Waals surface area (Å²) in [7, 11) is 0. The van der Waals surface area contributed by atoms with E-state index in [4.69, 9.17) is 4.99 Å². The summed E-state index contributed by atoms with van der Waals surface area (Å²) in [6, 6.07) is 4.78. The lowest BCUT2D eigenvalue weighted by atomic mass is 9.91. The van der Waals surface area contributed by atoms with Crippen LogP contribution in [-0.2, 0) is 0 Å². The molecule has 38 heavy (non-hydrogen) atoms. The fourth-order valence-electron chi connectivity index (χ4n) is 5.51. The van der Waals surface area contributed by atoms with Crippen molar-refractivity contribution in [2.45, 2.75) is 86.6 Å². The number of hydrogen-bond donors (Lipinski definition) is 0. The molecule has 0 N–H and O–H groups in total. The number of allylic oxidation sites excluding steroid dienone is 7. The van der Waals surface area contributed by atoms with Gasteiger partial charge in [0.2, 0.25) is 0 Å². The predicted octanol–water partition coefficient (Wildman–Crippen LogP) is 9.88. The summed E-state index contributed by atoms with van der Waals surface area (Å²) in [5.74, 6) is 2.08. The highest BCUT2D eigenvalue weighted by molar-refractivity contribution is 6.03. The molecule has 2 nitrogen and oxygen atoms in total. The van der Waals surface area contributed by atoms with Crippen molar-refractivity contribution in [3.63, 3.8) is 0 Å². The topological polar surface area (TPSA) is 15.6 Å². The second-order valence-electron chi connectivity index (χ2n) is 11.6. The van der Waals surface area contributed by atoms with Crippen molar-refractivity contribution in [3.8, 4) is 0 Å². The summed E-state index contributed by atoms with van der Waals surface area (Å²) < 4.78 is 14.7. The lowest BCUT2D eigenvalue weighted by molar-refractivity contribution is 0.348. The first kappa shape index (κ1) is 29.9. The number of aliphatic imine (C=N–C) groups is 1. The Labute approximate surface area is 231 Å². The van der Waals surface area contributed by atoms with E-state index in [1.165, 1.54) is 19.3 Å². The smallest absolute Gasteiger partial charge is 0.132 e. The molecular formula is C35H49FN2. The highest BCUT2D eigenvalue weighted by Crippen LogP contribution is 2.39. The second-order valence-corrected chi connectivity index (χ2v) is 11.6. The zero-order valence-corrected chi connectivity index (χ0v) is 24.9. The van der Waals surface area contributed by atoms with Crippen molar-refractivity contribution < 1.29 is 4.39 Å². The Kier molecular flexibility index (Phi) is 10.5. The van der Waals surface area contributed by atoms with E-state index in [1.807, 2.05) is 26.0 Å². The molecule has 3 atom stereocenters. The van der Waals surface area contributed by atoms with Gasteiger partial charge >= 0.3 is 0 Å². The van der Waals surface area contributed by atoms with Crippen LogP contribution in [0.1, 0.15) is 83.4 Å². The zero-order chi connectivity index (χ0) is 28.0. The molecule has 0 amide bonds. The molecule has 1 aliphatic carbocycles. The van der Waals surface area contributed by atoms with Crippen LogP contribution >= 0.6 is 0 Å². The Morgan fingerprint density at radius 3 is 2.45 bits per heavy atom.